The largest absolute Gasteiger partial charge is 0.362 e. The number of pyridine rings is 1. The van der Waals surface area contributed by atoms with Gasteiger partial charge >= 0.3 is 0 Å². The van der Waals surface area contributed by atoms with Crippen molar-refractivity contribution in [1.82, 2.24) is 9.88 Å². The Labute approximate surface area is 115 Å². The van der Waals surface area contributed by atoms with Crippen LogP contribution in [0.5, 0.6) is 0 Å². The number of hydrogen-bond donors (Lipinski definition) is 1. The van der Waals surface area contributed by atoms with E-state index in [1.165, 1.54) is 0 Å². The van der Waals surface area contributed by atoms with E-state index in [9.17, 15) is 0 Å². The summed E-state index contributed by atoms with van der Waals surface area (Å²) < 4.78 is 5.90. The molecule has 4 heteroatoms. The van der Waals surface area contributed by atoms with Crippen molar-refractivity contribution >= 4 is 12.6 Å². The highest BCUT2D eigenvalue weighted by Crippen LogP contribution is 2.23. The van der Waals surface area contributed by atoms with Crippen LogP contribution >= 0.6 is 12.6 Å². The third kappa shape index (κ3) is 4.59. The van der Waals surface area contributed by atoms with Gasteiger partial charge in [0, 0.05) is 25.8 Å². The van der Waals surface area contributed by atoms with E-state index in [-0.39, 0.29) is 4.93 Å². The molecule has 18 heavy (non-hydrogen) atoms. The number of rotatable bonds is 4. The molecule has 0 spiro atoms. The fourth-order valence-electron chi connectivity index (χ4n) is 2.31. The van der Waals surface area contributed by atoms with Gasteiger partial charge in [0.2, 0.25) is 0 Å². The number of hydrogen-bond acceptors (Lipinski definition) is 4. The minimum absolute atomic E-state index is 0.326. The zero-order valence-corrected chi connectivity index (χ0v) is 12.1. The Morgan fingerprint density at radius 1 is 1.39 bits per heavy atom. The molecule has 1 aromatic heterocycles. The molecule has 1 saturated heterocycles. The van der Waals surface area contributed by atoms with Crippen LogP contribution in [0.1, 0.15) is 32.4 Å². The van der Waals surface area contributed by atoms with Crippen LogP contribution in [0.2, 0.25) is 0 Å². The zero-order valence-electron chi connectivity index (χ0n) is 11.2. The van der Waals surface area contributed by atoms with E-state index in [0.717, 1.165) is 38.2 Å². The molecule has 0 atom stereocenters. The van der Waals surface area contributed by atoms with Gasteiger partial charge in [-0.15, -0.1) is 12.6 Å². The minimum Gasteiger partial charge on any atom is -0.362 e. The molecule has 1 aromatic rings. The van der Waals surface area contributed by atoms with E-state index in [1.54, 1.807) is 0 Å². The Hall–Kier alpha value is -0.580. The highest BCUT2D eigenvalue weighted by Gasteiger charge is 2.24. The second kappa shape index (κ2) is 6.04. The molecular weight excluding hydrogens is 244 g/mol. The molecule has 1 fully saturated rings. The lowest BCUT2D eigenvalue weighted by Gasteiger charge is -2.34. The van der Waals surface area contributed by atoms with Gasteiger partial charge < -0.3 is 4.74 Å². The van der Waals surface area contributed by atoms with Gasteiger partial charge in [0.05, 0.1) is 11.8 Å². The summed E-state index contributed by atoms with van der Waals surface area (Å²) in [5.41, 5.74) is 1.14. The van der Waals surface area contributed by atoms with Crippen molar-refractivity contribution in [3.63, 3.8) is 0 Å². The Kier molecular flexibility index (Phi) is 4.65. The maximum Gasteiger partial charge on any atom is 0.105 e. The lowest BCUT2D eigenvalue weighted by molar-refractivity contribution is -0.0443. The smallest absolute Gasteiger partial charge is 0.105 e. The number of aromatic nitrogens is 1. The first kappa shape index (κ1) is 13.8. The van der Waals surface area contributed by atoms with Crippen LogP contribution < -0.4 is 0 Å². The van der Waals surface area contributed by atoms with E-state index in [2.05, 4.69) is 28.6 Å². The normalized spacial score (nSPS) is 19.1. The zero-order chi connectivity index (χ0) is 13.0. The quantitative estimate of drug-likeness (QED) is 0.670. The van der Waals surface area contributed by atoms with Crippen LogP contribution in [-0.4, -0.2) is 34.0 Å². The molecule has 3 nitrogen and oxygen atoms in total. The first-order chi connectivity index (χ1) is 8.53. The first-order valence-electron chi connectivity index (χ1n) is 6.55. The molecular formula is C14H22N2OS. The summed E-state index contributed by atoms with van der Waals surface area (Å²) in [5.74, 6) is 0. The van der Waals surface area contributed by atoms with Crippen LogP contribution in [0.3, 0.4) is 0 Å². The summed E-state index contributed by atoms with van der Waals surface area (Å²) in [4.78, 5) is 6.48. The van der Waals surface area contributed by atoms with Crippen molar-refractivity contribution in [2.75, 3.05) is 13.1 Å². The molecule has 1 aliphatic heterocycles. The predicted octanol–water partition coefficient (Wildman–Crippen LogP) is 2.73. The van der Waals surface area contributed by atoms with Crippen molar-refractivity contribution in [2.24, 2.45) is 0 Å². The molecule has 0 unspecified atom stereocenters. The van der Waals surface area contributed by atoms with Crippen LogP contribution in [0, 0.1) is 0 Å². The monoisotopic (exact) mass is 266 g/mol. The third-order valence-corrected chi connectivity index (χ3v) is 3.21. The molecule has 2 heterocycles. The van der Waals surface area contributed by atoms with Crippen LogP contribution in [0.4, 0.5) is 0 Å². The maximum atomic E-state index is 5.90. The molecule has 0 radical (unpaired) electrons. The van der Waals surface area contributed by atoms with Gasteiger partial charge in [0.25, 0.3) is 0 Å². The van der Waals surface area contributed by atoms with Gasteiger partial charge in [-0.3, -0.25) is 9.88 Å². The molecule has 100 valence electrons. The molecule has 0 amide bonds. The second-order valence-electron chi connectivity index (χ2n) is 5.36. The van der Waals surface area contributed by atoms with Gasteiger partial charge in [-0.2, -0.15) is 0 Å². The van der Waals surface area contributed by atoms with Crippen molar-refractivity contribution in [3.8, 4) is 0 Å². The summed E-state index contributed by atoms with van der Waals surface area (Å²) in [6.45, 7) is 7.08. The molecule has 0 saturated carbocycles. The van der Waals surface area contributed by atoms with Gasteiger partial charge in [-0.05, 0) is 38.8 Å². The van der Waals surface area contributed by atoms with E-state index < -0.39 is 0 Å². The number of ether oxygens (including phenoxy) is 1. The molecule has 0 aromatic carbocycles. The lowest BCUT2D eigenvalue weighted by Crippen LogP contribution is -2.39. The molecule has 0 N–H and O–H groups in total. The highest BCUT2D eigenvalue weighted by atomic mass is 32.1. The minimum atomic E-state index is -0.326. The average molecular weight is 266 g/mol. The van der Waals surface area contributed by atoms with Gasteiger partial charge in [-0.1, -0.05) is 6.07 Å². The van der Waals surface area contributed by atoms with Crippen molar-refractivity contribution in [3.05, 3.63) is 30.1 Å². The fourth-order valence-corrected chi connectivity index (χ4v) is 2.46. The van der Waals surface area contributed by atoms with Gasteiger partial charge in [0.15, 0.2) is 0 Å². The van der Waals surface area contributed by atoms with E-state index >= 15 is 0 Å². The number of thiol groups is 1. The maximum absolute atomic E-state index is 5.90. The number of nitrogens with zero attached hydrogens (tertiary/aromatic N) is 2. The van der Waals surface area contributed by atoms with Crippen molar-refractivity contribution < 1.29 is 4.74 Å². The predicted molar refractivity (Wildman–Crippen MR) is 76.7 cm³/mol. The Bertz CT molecular complexity index is 356. The number of likely N-dealkylation sites (tertiary alicyclic amines) is 1. The Morgan fingerprint density at radius 3 is 2.67 bits per heavy atom. The summed E-state index contributed by atoms with van der Waals surface area (Å²) in [5, 5.41) is 0. The van der Waals surface area contributed by atoms with E-state index in [1.807, 2.05) is 32.2 Å². The Morgan fingerprint density at radius 2 is 2.11 bits per heavy atom. The van der Waals surface area contributed by atoms with Gasteiger partial charge in [-0.25, -0.2) is 0 Å². The average Bonchev–Trinajstić information content (AvgIpc) is 2.31. The first-order valence-corrected chi connectivity index (χ1v) is 7.00. The van der Waals surface area contributed by atoms with Crippen LogP contribution in [0.15, 0.2) is 24.4 Å². The summed E-state index contributed by atoms with van der Waals surface area (Å²) >= 11 is 4.42. The second-order valence-corrected chi connectivity index (χ2v) is 6.44. The third-order valence-electron chi connectivity index (χ3n) is 3.10. The highest BCUT2D eigenvalue weighted by molar-refractivity contribution is 7.81. The van der Waals surface area contributed by atoms with Crippen LogP contribution in [-0.2, 0) is 11.3 Å². The lowest BCUT2D eigenvalue weighted by atomic mass is 10.1. The number of piperidine rings is 1. The molecule has 0 bridgehead atoms. The summed E-state index contributed by atoms with van der Waals surface area (Å²) in [6.07, 6.45) is 4.36. The topological polar surface area (TPSA) is 25.4 Å². The fraction of sp³-hybridized carbons (Fsp3) is 0.643. The standard InChI is InChI=1S/C14H22N2OS/c1-14(2,18)17-13-6-9-16(10-7-13)11-12-5-3-4-8-15-12/h3-5,8,13,18H,6-7,9-11H2,1-2H3. The molecule has 1 aliphatic rings. The molecule has 0 aliphatic carbocycles. The summed E-state index contributed by atoms with van der Waals surface area (Å²) in [7, 11) is 0. The molecule has 2 rings (SSSR count). The Balaban J connectivity index is 1.77. The summed E-state index contributed by atoms with van der Waals surface area (Å²) in [6, 6.07) is 6.08. The van der Waals surface area contributed by atoms with Crippen LogP contribution in [0.25, 0.3) is 0 Å². The SMILES string of the molecule is CC(C)(S)OC1CCN(Cc2ccccn2)CC1. The van der Waals surface area contributed by atoms with Crippen molar-refractivity contribution in [1.29, 1.82) is 0 Å². The van der Waals surface area contributed by atoms with Crippen molar-refractivity contribution in [2.45, 2.75) is 44.3 Å². The van der Waals surface area contributed by atoms with Gasteiger partial charge in [0.1, 0.15) is 4.93 Å². The van der Waals surface area contributed by atoms with E-state index in [0.29, 0.717) is 6.10 Å². The van der Waals surface area contributed by atoms with E-state index in [4.69, 9.17) is 4.74 Å².